The topological polar surface area (TPSA) is 50.1 Å². The molecule has 0 saturated heterocycles. The lowest BCUT2D eigenvalue weighted by Gasteiger charge is -2.26. The first-order chi connectivity index (χ1) is 8.76. The Morgan fingerprint density at radius 3 is 3.17 bits per heavy atom. The Balaban J connectivity index is 1.94. The molecule has 0 aromatic carbocycles. The first-order valence-electron chi connectivity index (χ1n) is 7.11. The fraction of sp³-hybridized carbons (Fsp3) is 0.786. The average Bonchev–Trinajstić information content (AvgIpc) is 2.77. The molecule has 2 N–H and O–H groups in total. The van der Waals surface area contributed by atoms with Crippen molar-refractivity contribution in [1.29, 1.82) is 0 Å². The molecule has 0 amide bonds. The summed E-state index contributed by atoms with van der Waals surface area (Å²) < 4.78 is 2.01. The van der Waals surface area contributed by atoms with E-state index in [1.54, 1.807) is 0 Å². The van der Waals surface area contributed by atoms with E-state index in [1.165, 1.54) is 24.1 Å². The lowest BCUT2D eigenvalue weighted by atomic mass is 9.92. The van der Waals surface area contributed by atoms with Gasteiger partial charge in [-0.2, -0.15) is 5.10 Å². The minimum atomic E-state index is 0.295. The summed E-state index contributed by atoms with van der Waals surface area (Å²) in [6.07, 6.45) is 7.63. The molecule has 1 heterocycles. The van der Waals surface area contributed by atoms with Gasteiger partial charge in [0.15, 0.2) is 0 Å². The maximum absolute atomic E-state index is 9.02. The van der Waals surface area contributed by atoms with Gasteiger partial charge in [-0.25, -0.2) is 0 Å². The van der Waals surface area contributed by atoms with Crippen molar-refractivity contribution in [3.8, 4) is 0 Å². The molecule has 0 aliphatic heterocycles. The summed E-state index contributed by atoms with van der Waals surface area (Å²) in [4.78, 5) is 0. The number of aliphatic hydroxyl groups excluding tert-OH is 1. The van der Waals surface area contributed by atoms with Crippen molar-refractivity contribution in [3.05, 3.63) is 17.5 Å². The summed E-state index contributed by atoms with van der Waals surface area (Å²) in [5.41, 5.74) is 2.76. The largest absolute Gasteiger partial charge is 0.396 e. The van der Waals surface area contributed by atoms with Crippen molar-refractivity contribution in [2.24, 2.45) is 13.0 Å². The molecule has 0 radical (unpaired) electrons. The Labute approximate surface area is 109 Å². The second-order valence-electron chi connectivity index (χ2n) is 5.31. The summed E-state index contributed by atoms with van der Waals surface area (Å²) >= 11 is 0. The number of nitrogens with zero attached hydrogens (tertiary/aromatic N) is 2. The van der Waals surface area contributed by atoms with E-state index in [0.29, 0.717) is 18.6 Å². The van der Waals surface area contributed by atoms with E-state index in [2.05, 4.69) is 17.3 Å². The molecule has 1 aromatic heterocycles. The lowest BCUT2D eigenvalue weighted by molar-refractivity contribution is 0.247. The van der Waals surface area contributed by atoms with Crippen molar-refractivity contribution in [3.63, 3.8) is 0 Å². The minimum Gasteiger partial charge on any atom is -0.396 e. The number of aliphatic hydroxyl groups is 1. The summed E-state index contributed by atoms with van der Waals surface area (Å²) in [6, 6.07) is 0.454. The number of fused-ring (bicyclic) bond motifs is 1. The molecule has 0 saturated carbocycles. The van der Waals surface area contributed by atoms with Gasteiger partial charge in [0, 0.05) is 31.0 Å². The fourth-order valence-electron chi connectivity index (χ4n) is 2.86. The second kappa shape index (κ2) is 6.34. The first-order valence-corrected chi connectivity index (χ1v) is 7.11. The van der Waals surface area contributed by atoms with Gasteiger partial charge in [0.25, 0.3) is 0 Å². The third-order valence-electron chi connectivity index (χ3n) is 4.14. The van der Waals surface area contributed by atoms with Gasteiger partial charge in [-0.05, 0) is 38.1 Å². The number of rotatable bonds is 6. The van der Waals surface area contributed by atoms with E-state index in [0.717, 1.165) is 25.8 Å². The predicted molar refractivity (Wildman–Crippen MR) is 72.4 cm³/mol. The quantitative estimate of drug-likeness (QED) is 0.810. The van der Waals surface area contributed by atoms with Gasteiger partial charge < -0.3 is 10.4 Å². The molecule has 0 bridgehead atoms. The van der Waals surface area contributed by atoms with Crippen LogP contribution in [0.3, 0.4) is 0 Å². The van der Waals surface area contributed by atoms with Crippen LogP contribution < -0.4 is 5.32 Å². The Hall–Kier alpha value is -0.870. The molecule has 4 heteroatoms. The standard InChI is InChI=1S/C14H25N3O/c1-3-11(7-8-18)9-15-13-5-4-6-14-12(13)10-16-17(14)2/h10-11,13,15,18H,3-9H2,1-2H3. The van der Waals surface area contributed by atoms with Crippen LogP contribution in [0, 0.1) is 5.92 Å². The number of aromatic nitrogens is 2. The average molecular weight is 251 g/mol. The van der Waals surface area contributed by atoms with Crippen molar-refractivity contribution in [2.75, 3.05) is 13.2 Å². The van der Waals surface area contributed by atoms with Crippen LogP contribution in [-0.4, -0.2) is 28.0 Å². The molecule has 2 atom stereocenters. The van der Waals surface area contributed by atoms with Gasteiger partial charge in [0.2, 0.25) is 0 Å². The highest BCUT2D eigenvalue weighted by Gasteiger charge is 2.23. The van der Waals surface area contributed by atoms with Crippen molar-refractivity contribution >= 4 is 0 Å². The maximum atomic E-state index is 9.02. The predicted octanol–water partition coefficient (Wildman–Crippen LogP) is 1.80. The first kappa shape index (κ1) is 13.6. The molecular weight excluding hydrogens is 226 g/mol. The van der Waals surface area contributed by atoms with Crippen molar-refractivity contribution < 1.29 is 5.11 Å². The number of hydrogen-bond donors (Lipinski definition) is 2. The van der Waals surface area contributed by atoms with E-state index < -0.39 is 0 Å². The van der Waals surface area contributed by atoms with E-state index in [1.807, 2.05) is 17.9 Å². The van der Waals surface area contributed by atoms with Crippen LogP contribution in [0.2, 0.25) is 0 Å². The molecule has 1 aromatic rings. The van der Waals surface area contributed by atoms with E-state index in [9.17, 15) is 0 Å². The molecule has 4 nitrogen and oxygen atoms in total. The highest BCUT2D eigenvalue weighted by atomic mass is 16.3. The summed E-state index contributed by atoms with van der Waals surface area (Å²) in [6.45, 7) is 3.48. The van der Waals surface area contributed by atoms with E-state index in [-0.39, 0.29) is 0 Å². The zero-order valence-corrected chi connectivity index (χ0v) is 11.5. The van der Waals surface area contributed by atoms with Crippen LogP contribution in [0.1, 0.15) is 49.9 Å². The summed E-state index contributed by atoms with van der Waals surface area (Å²) in [5.74, 6) is 0.581. The van der Waals surface area contributed by atoms with Crippen LogP contribution in [0.4, 0.5) is 0 Å². The number of aryl methyl sites for hydroxylation is 1. The molecule has 2 rings (SSSR count). The van der Waals surface area contributed by atoms with E-state index in [4.69, 9.17) is 5.11 Å². The lowest BCUT2D eigenvalue weighted by Crippen LogP contribution is -2.30. The third-order valence-corrected chi connectivity index (χ3v) is 4.14. The Kier molecular flexibility index (Phi) is 4.78. The smallest absolute Gasteiger partial charge is 0.0540 e. The SMILES string of the molecule is CCC(CCO)CNC1CCCc2c1cnn2C. The second-order valence-corrected chi connectivity index (χ2v) is 5.31. The monoisotopic (exact) mass is 251 g/mol. The van der Waals surface area contributed by atoms with Crippen LogP contribution in [0.25, 0.3) is 0 Å². The molecule has 18 heavy (non-hydrogen) atoms. The maximum Gasteiger partial charge on any atom is 0.0540 e. The van der Waals surface area contributed by atoms with Gasteiger partial charge in [-0.15, -0.1) is 0 Å². The number of nitrogens with one attached hydrogen (secondary N) is 1. The third kappa shape index (κ3) is 2.93. The fourth-order valence-corrected chi connectivity index (χ4v) is 2.86. The molecular formula is C14H25N3O. The molecule has 1 aliphatic carbocycles. The van der Waals surface area contributed by atoms with Gasteiger partial charge >= 0.3 is 0 Å². The normalized spacial score (nSPS) is 20.7. The van der Waals surface area contributed by atoms with Crippen molar-refractivity contribution in [2.45, 2.75) is 45.1 Å². The highest BCUT2D eigenvalue weighted by molar-refractivity contribution is 5.24. The van der Waals surface area contributed by atoms with Crippen molar-refractivity contribution in [1.82, 2.24) is 15.1 Å². The van der Waals surface area contributed by atoms with Gasteiger partial charge in [-0.3, -0.25) is 4.68 Å². The minimum absolute atomic E-state index is 0.295. The Bertz CT molecular complexity index is 375. The van der Waals surface area contributed by atoms with Crippen LogP contribution in [-0.2, 0) is 13.5 Å². The van der Waals surface area contributed by atoms with Gasteiger partial charge in [0.1, 0.15) is 0 Å². The molecule has 0 spiro atoms. The zero-order valence-electron chi connectivity index (χ0n) is 11.5. The van der Waals surface area contributed by atoms with Gasteiger partial charge in [0.05, 0.1) is 6.20 Å². The highest BCUT2D eigenvalue weighted by Crippen LogP contribution is 2.29. The molecule has 0 fully saturated rings. The summed E-state index contributed by atoms with van der Waals surface area (Å²) in [7, 11) is 2.03. The zero-order chi connectivity index (χ0) is 13.0. The van der Waals surface area contributed by atoms with Gasteiger partial charge in [-0.1, -0.05) is 13.3 Å². The number of hydrogen-bond acceptors (Lipinski definition) is 3. The van der Waals surface area contributed by atoms with Crippen LogP contribution >= 0.6 is 0 Å². The molecule has 102 valence electrons. The van der Waals surface area contributed by atoms with E-state index >= 15 is 0 Å². The Morgan fingerprint density at radius 1 is 1.61 bits per heavy atom. The van der Waals surface area contributed by atoms with Crippen LogP contribution in [0.5, 0.6) is 0 Å². The summed E-state index contributed by atoms with van der Waals surface area (Å²) in [5, 5.41) is 17.1. The molecule has 2 unspecified atom stereocenters. The van der Waals surface area contributed by atoms with Crippen LogP contribution in [0.15, 0.2) is 6.20 Å². The Morgan fingerprint density at radius 2 is 2.44 bits per heavy atom. The molecule has 1 aliphatic rings.